The molecule has 1 N–H and O–H groups in total. The Morgan fingerprint density at radius 1 is 1.50 bits per heavy atom. The van der Waals surface area contributed by atoms with Gasteiger partial charge in [0.25, 0.3) is 0 Å². The number of imidazole rings is 1. The molecule has 2 rings (SSSR count). The fraction of sp³-hybridized carbons (Fsp3) is 0.300. The van der Waals surface area contributed by atoms with Gasteiger partial charge in [-0.2, -0.15) is 0 Å². The number of rotatable bonds is 1. The summed E-state index contributed by atoms with van der Waals surface area (Å²) in [5, 5.41) is 8.89. The minimum atomic E-state index is 0.0225. The minimum absolute atomic E-state index is 0.0225. The van der Waals surface area contributed by atoms with Gasteiger partial charge in [0.15, 0.2) is 10.8 Å². The van der Waals surface area contributed by atoms with E-state index in [0.29, 0.717) is 28.6 Å². The number of fused-ring (bicyclic) bond motifs is 1. The molecule has 2 heterocycles. The van der Waals surface area contributed by atoms with E-state index in [-0.39, 0.29) is 6.61 Å². The lowest BCUT2D eigenvalue weighted by Gasteiger charge is -1.95. The number of nitrogens with zero attached hydrogens (tertiary/aromatic N) is 4. The van der Waals surface area contributed by atoms with Crippen LogP contribution in [0.2, 0.25) is 5.15 Å². The van der Waals surface area contributed by atoms with Crippen LogP contribution in [0.4, 0.5) is 0 Å². The molecule has 0 saturated carbocycles. The van der Waals surface area contributed by atoms with Crippen LogP contribution in [-0.4, -0.2) is 31.2 Å². The summed E-state index contributed by atoms with van der Waals surface area (Å²) in [7, 11) is 1.82. The number of hydrogen-bond acceptors (Lipinski definition) is 4. The molecule has 0 radical (unpaired) electrons. The molecule has 0 atom stereocenters. The van der Waals surface area contributed by atoms with E-state index in [1.807, 2.05) is 7.05 Å². The van der Waals surface area contributed by atoms with Gasteiger partial charge in [0.05, 0.1) is 12.9 Å². The summed E-state index contributed by atoms with van der Waals surface area (Å²) in [6.45, 7) is 0.0225. The van der Waals surface area contributed by atoms with Gasteiger partial charge in [0, 0.05) is 13.5 Å². The summed E-state index contributed by atoms with van der Waals surface area (Å²) >= 11 is 5.94. The quantitative estimate of drug-likeness (QED) is 0.586. The second-order valence-corrected chi connectivity index (χ2v) is 3.50. The molecule has 0 aromatic carbocycles. The van der Waals surface area contributed by atoms with Crippen molar-refractivity contribution >= 4 is 22.8 Å². The second-order valence-electron chi connectivity index (χ2n) is 3.14. The van der Waals surface area contributed by atoms with Crippen molar-refractivity contribution in [2.45, 2.75) is 6.42 Å². The first kappa shape index (κ1) is 10.9. The number of aryl methyl sites for hydroxylation is 1. The molecule has 0 amide bonds. The molecule has 82 valence electrons. The molecule has 0 unspecified atom stereocenters. The third-order valence-corrected chi connectivity index (χ3v) is 2.22. The van der Waals surface area contributed by atoms with E-state index in [9.17, 15) is 0 Å². The number of hydrogen-bond donors (Lipinski definition) is 1. The van der Waals surface area contributed by atoms with Crippen LogP contribution >= 0.6 is 11.6 Å². The Morgan fingerprint density at radius 3 is 3.06 bits per heavy atom. The summed E-state index contributed by atoms with van der Waals surface area (Å²) < 4.78 is 1.75. The largest absolute Gasteiger partial charge is 0.395 e. The van der Waals surface area contributed by atoms with E-state index in [4.69, 9.17) is 16.7 Å². The van der Waals surface area contributed by atoms with Gasteiger partial charge < -0.3 is 9.67 Å². The van der Waals surface area contributed by atoms with Gasteiger partial charge in [-0.1, -0.05) is 17.5 Å². The molecular weight excluding hydrogens is 228 g/mol. The van der Waals surface area contributed by atoms with Crippen molar-refractivity contribution in [3.05, 3.63) is 17.3 Å². The third kappa shape index (κ3) is 1.98. The summed E-state index contributed by atoms with van der Waals surface area (Å²) in [5.41, 5.74) is 1.21. The Bertz CT molecular complexity index is 581. The van der Waals surface area contributed by atoms with Crippen LogP contribution in [0.15, 0.2) is 6.33 Å². The molecule has 0 aliphatic carbocycles. The van der Waals surface area contributed by atoms with Gasteiger partial charge in [-0.25, -0.2) is 15.0 Å². The van der Waals surface area contributed by atoms with Crippen molar-refractivity contribution in [1.82, 2.24) is 19.5 Å². The zero-order chi connectivity index (χ0) is 11.5. The Kier molecular flexibility index (Phi) is 3.04. The Labute approximate surface area is 97.1 Å². The Hall–Kier alpha value is -1.64. The van der Waals surface area contributed by atoms with E-state index < -0.39 is 0 Å². The summed E-state index contributed by atoms with van der Waals surface area (Å²) in [4.78, 5) is 12.3. The van der Waals surface area contributed by atoms with Gasteiger partial charge in [-0.05, 0) is 5.92 Å². The highest BCUT2D eigenvalue weighted by Gasteiger charge is 2.08. The molecule has 0 saturated heterocycles. The lowest BCUT2D eigenvalue weighted by Crippen LogP contribution is -1.95. The smallest absolute Gasteiger partial charge is 0.208 e. The second kappa shape index (κ2) is 4.47. The monoisotopic (exact) mass is 236 g/mol. The van der Waals surface area contributed by atoms with E-state index in [2.05, 4.69) is 26.8 Å². The molecule has 5 nitrogen and oxygen atoms in total. The number of aliphatic hydroxyl groups excluding tert-OH is 1. The van der Waals surface area contributed by atoms with Crippen LogP contribution in [-0.2, 0) is 7.05 Å². The first-order valence-corrected chi connectivity index (χ1v) is 5.04. The lowest BCUT2D eigenvalue weighted by atomic mass is 10.4. The normalized spacial score (nSPS) is 10.2. The van der Waals surface area contributed by atoms with E-state index in [1.165, 1.54) is 0 Å². The molecule has 6 heteroatoms. The van der Waals surface area contributed by atoms with Gasteiger partial charge >= 0.3 is 0 Å². The van der Waals surface area contributed by atoms with Crippen LogP contribution in [0.25, 0.3) is 11.2 Å². The van der Waals surface area contributed by atoms with Gasteiger partial charge in [0.2, 0.25) is 5.82 Å². The Balaban J connectivity index is 2.49. The predicted molar refractivity (Wildman–Crippen MR) is 59.9 cm³/mol. The molecule has 0 bridgehead atoms. The molecule has 0 spiro atoms. The molecular formula is C10H9ClN4O. The number of halogens is 1. The highest BCUT2D eigenvalue weighted by Crippen LogP contribution is 2.17. The molecule has 0 aliphatic rings. The van der Waals surface area contributed by atoms with Crippen LogP contribution in [0.3, 0.4) is 0 Å². The predicted octanol–water partition coefficient (Wildman–Crippen LogP) is 0.751. The first-order valence-electron chi connectivity index (χ1n) is 4.66. The van der Waals surface area contributed by atoms with Crippen molar-refractivity contribution in [3.63, 3.8) is 0 Å². The van der Waals surface area contributed by atoms with Crippen molar-refractivity contribution < 1.29 is 5.11 Å². The maximum absolute atomic E-state index is 8.60. The van der Waals surface area contributed by atoms with Crippen molar-refractivity contribution in [2.24, 2.45) is 7.05 Å². The average Bonchev–Trinajstić information content (AvgIpc) is 2.62. The zero-order valence-electron chi connectivity index (χ0n) is 8.61. The molecule has 2 aromatic heterocycles. The van der Waals surface area contributed by atoms with Crippen molar-refractivity contribution in [3.8, 4) is 11.8 Å². The van der Waals surface area contributed by atoms with Crippen molar-refractivity contribution in [2.75, 3.05) is 6.61 Å². The van der Waals surface area contributed by atoms with Gasteiger partial charge in [-0.15, -0.1) is 0 Å². The van der Waals surface area contributed by atoms with Crippen molar-refractivity contribution in [1.29, 1.82) is 0 Å². The van der Waals surface area contributed by atoms with Gasteiger partial charge in [-0.3, -0.25) is 0 Å². The number of aliphatic hydroxyl groups is 1. The summed E-state index contributed by atoms with van der Waals surface area (Å²) in [6, 6.07) is 0. The lowest BCUT2D eigenvalue weighted by molar-refractivity contribution is 0.305. The SMILES string of the molecule is Cn1cnc2c(Cl)nc(C#CCCO)nc21. The zero-order valence-corrected chi connectivity index (χ0v) is 9.36. The van der Waals surface area contributed by atoms with Crippen LogP contribution < -0.4 is 0 Å². The van der Waals surface area contributed by atoms with E-state index in [0.717, 1.165) is 0 Å². The topological polar surface area (TPSA) is 63.8 Å². The summed E-state index contributed by atoms with van der Waals surface area (Å²) in [6.07, 6.45) is 2.01. The number of aromatic nitrogens is 4. The highest BCUT2D eigenvalue weighted by atomic mass is 35.5. The molecule has 0 aliphatic heterocycles. The molecule has 0 fully saturated rings. The molecule has 16 heavy (non-hydrogen) atoms. The maximum Gasteiger partial charge on any atom is 0.208 e. The Morgan fingerprint density at radius 2 is 2.31 bits per heavy atom. The van der Waals surface area contributed by atoms with Crippen LogP contribution in [0.1, 0.15) is 12.2 Å². The van der Waals surface area contributed by atoms with Gasteiger partial charge in [0.1, 0.15) is 5.52 Å². The van der Waals surface area contributed by atoms with Crippen LogP contribution in [0.5, 0.6) is 0 Å². The standard InChI is InChI=1S/C10H9ClN4O/c1-15-6-12-8-9(11)13-7(14-10(8)15)4-2-3-5-16/h6,16H,3,5H2,1H3. The van der Waals surface area contributed by atoms with E-state index in [1.54, 1.807) is 10.9 Å². The highest BCUT2D eigenvalue weighted by molar-refractivity contribution is 6.33. The minimum Gasteiger partial charge on any atom is -0.395 e. The first-order chi connectivity index (χ1) is 7.72. The fourth-order valence-corrected chi connectivity index (χ4v) is 1.44. The third-order valence-electron chi connectivity index (χ3n) is 1.95. The van der Waals surface area contributed by atoms with E-state index >= 15 is 0 Å². The fourth-order valence-electron chi connectivity index (χ4n) is 1.23. The summed E-state index contributed by atoms with van der Waals surface area (Å²) in [5.74, 6) is 5.82. The van der Waals surface area contributed by atoms with Crippen LogP contribution in [0, 0.1) is 11.8 Å². The molecule has 2 aromatic rings. The maximum atomic E-state index is 8.60. The average molecular weight is 237 g/mol.